The van der Waals surface area contributed by atoms with E-state index in [1.807, 2.05) is 72.8 Å². The fraction of sp³-hybridized carbons (Fsp3) is 0. The van der Waals surface area contributed by atoms with Crippen molar-refractivity contribution >= 4 is 34.2 Å². The molecule has 0 saturated carbocycles. The molecule has 0 aliphatic heterocycles. The van der Waals surface area contributed by atoms with Crippen molar-refractivity contribution in [3.05, 3.63) is 87.8 Å². The van der Waals surface area contributed by atoms with Gasteiger partial charge in [-0.15, -0.1) is 0 Å². The Hall–Kier alpha value is -2.65. The van der Waals surface area contributed by atoms with Crippen LogP contribution in [0.15, 0.2) is 72.9 Å². The van der Waals surface area contributed by atoms with Crippen LogP contribution in [0.2, 0.25) is 0 Å². The van der Waals surface area contributed by atoms with Gasteiger partial charge in [-0.25, -0.2) is 0 Å². The zero-order valence-electron chi connectivity index (χ0n) is 12.7. The third-order valence-corrected chi connectivity index (χ3v) is 4.14. The summed E-state index contributed by atoms with van der Waals surface area (Å²) in [5.74, 6) is 1.58. The monoisotopic (exact) mass is 424 g/mol. The van der Waals surface area contributed by atoms with Gasteiger partial charge in [-0.1, -0.05) is 30.3 Å². The molecule has 3 rings (SSSR count). The van der Waals surface area contributed by atoms with Gasteiger partial charge < -0.3 is 4.74 Å². The van der Waals surface area contributed by atoms with Crippen LogP contribution in [0.4, 0.5) is 0 Å². The molecule has 0 spiro atoms. The highest BCUT2D eigenvalue weighted by Crippen LogP contribution is 2.28. The first-order valence-electron chi connectivity index (χ1n) is 7.32. The van der Waals surface area contributed by atoms with E-state index in [0.717, 1.165) is 20.6 Å². The van der Waals surface area contributed by atoms with Crippen LogP contribution in [-0.2, 0) is 0 Å². The van der Waals surface area contributed by atoms with Gasteiger partial charge in [-0.05, 0) is 70.6 Å². The zero-order chi connectivity index (χ0) is 16.8. The molecule has 0 saturated heterocycles. The molecule has 0 atom stereocenters. The van der Waals surface area contributed by atoms with Crippen molar-refractivity contribution in [3.8, 4) is 17.6 Å². The van der Waals surface area contributed by atoms with Crippen LogP contribution in [-0.4, -0.2) is 4.98 Å². The number of nitriles is 1. The van der Waals surface area contributed by atoms with Gasteiger partial charge >= 0.3 is 0 Å². The lowest BCUT2D eigenvalue weighted by atomic mass is 10.1. The maximum absolute atomic E-state index is 9.37. The van der Waals surface area contributed by atoms with Gasteiger partial charge in [0, 0.05) is 6.20 Å². The summed E-state index contributed by atoms with van der Waals surface area (Å²) in [5.41, 5.74) is 2.13. The van der Waals surface area contributed by atoms with E-state index >= 15 is 0 Å². The summed E-state index contributed by atoms with van der Waals surface area (Å²) < 4.78 is 6.85. The van der Waals surface area contributed by atoms with Crippen molar-refractivity contribution in [2.45, 2.75) is 0 Å². The van der Waals surface area contributed by atoms with Crippen LogP contribution in [0, 0.1) is 14.9 Å². The number of hydrogen-bond acceptors (Lipinski definition) is 3. The van der Waals surface area contributed by atoms with Gasteiger partial charge in [0.15, 0.2) is 0 Å². The van der Waals surface area contributed by atoms with E-state index in [0.29, 0.717) is 11.3 Å². The first-order valence-corrected chi connectivity index (χ1v) is 8.40. The number of aromatic nitrogens is 1. The molecule has 0 unspecified atom stereocenters. The molecule has 24 heavy (non-hydrogen) atoms. The third-order valence-electron chi connectivity index (χ3n) is 3.30. The van der Waals surface area contributed by atoms with Crippen molar-refractivity contribution in [2.24, 2.45) is 0 Å². The van der Waals surface area contributed by atoms with Crippen molar-refractivity contribution < 1.29 is 4.74 Å². The molecule has 1 heterocycles. The highest BCUT2D eigenvalue weighted by Gasteiger charge is 2.06. The van der Waals surface area contributed by atoms with Gasteiger partial charge in [0.05, 0.1) is 14.8 Å². The first kappa shape index (κ1) is 16.2. The van der Waals surface area contributed by atoms with Gasteiger partial charge in [0.25, 0.3) is 0 Å². The summed E-state index contributed by atoms with van der Waals surface area (Å²) in [4.78, 5) is 4.22. The molecule has 0 fully saturated rings. The van der Waals surface area contributed by atoms with Crippen LogP contribution >= 0.6 is 22.6 Å². The Morgan fingerprint density at radius 3 is 2.50 bits per heavy atom. The molecule has 1 aromatic heterocycles. The Balaban J connectivity index is 1.87. The topological polar surface area (TPSA) is 45.9 Å². The largest absolute Gasteiger partial charge is 0.456 e. The molecule has 3 aromatic rings. The van der Waals surface area contributed by atoms with E-state index in [9.17, 15) is 5.26 Å². The Morgan fingerprint density at radius 1 is 1.04 bits per heavy atom. The lowest BCUT2D eigenvalue weighted by Crippen LogP contribution is -1.89. The van der Waals surface area contributed by atoms with Gasteiger partial charge in [-0.3, -0.25) is 4.98 Å². The number of rotatable bonds is 4. The Kier molecular flexibility index (Phi) is 5.24. The van der Waals surface area contributed by atoms with Crippen LogP contribution in [0.25, 0.3) is 11.6 Å². The number of ether oxygens (including phenoxy) is 1. The predicted octanol–water partition coefficient (Wildman–Crippen LogP) is 5.54. The smallest absolute Gasteiger partial charge is 0.140 e. The lowest BCUT2D eigenvalue weighted by molar-refractivity contribution is 0.479. The molecule has 116 valence electrons. The number of pyridine rings is 1. The van der Waals surface area contributed by atoms with E-state index in [2.05, 4.69) is 33.6 Å². The van der Waals surface area contributed by atoms with E-state index < -0.39 is 0 Å². The minimum atomic E-state index is 0.531. The van der Waals surface area contributed by atoms with Gasteiger partial charge in [0.1, 0.15) is 17.6 Å². The molecule has 0 N–H and O–H groups in total. The molecule has 0 bridgehead atoms. The third kappa shape index (κ3) is 4.00. The average molecular weight is 424 g/mol. The molecule has 4 heteroatoms. The molecule has 3 nitrogen and oxygen atoms in total. The second-order valence-electron chi connectivity index (χ2n) is 4.99. The highest BCUT2D eigenvalue weighted by molar-refractivity contribution is 14.1. The van der Waals surface area contributed by atoms with E-state index in [1.165, 1.54) is 0 Å². The molecule has 0 amide bonds. The maximum atomic E-state index is 9.37. The quantitative estimate of drug-likeness (QED) is 0.408. The van der Waals surface area contributed by atoms with Gasteiger partial charge in [-0.2, -0.15) is 5.26 Å². The van der Waals surface area contributed by atoms with Crippen molar-refractivity contribution in [2.75, 3.05) is 0 Å². The van der Waals surface area contributed by atoms with Crippen molar-refractivity contribution in [1.29, 1.82) is 5.26 Å². The van der Waals surface area contributed by atoms with Crippen LogP contribution in [0.5, 0.6) is 11.5 Å². The molecule has 0 aliphatic carbocycles. The standard InChI is InChI=1S/C20H13IN2O/c21-18-13-15(12-16(14-22)19-8-4-5-11-23-19)9-10-20(18)24-17-6-2-1-3-7-17/h1-13H/b16-12+. The number of para-hydroxylation sites is 1. The minimum Gasteiger partial charge on any atom is -0.456 e. The normalized spacial score (nSPS) is 10.9. The number of benzene rings is 2. The van der Waals surface area contributed by atoms with Crippen molar-refractivity contribution in [3.63, 3.8) is 0 Å². The van der Waals surface area contributed by atoms with E-state index in [4.69, 9.17) is 4.74 Å². The molecule has 0 aliphatic rings. The van der Waals surface area contributed by atoms with Crippen LogP contribution in [0.1, 0.15) is 11.3 Å². The zero-order valence-corrected chi connectivity index (χ0v) is 14.8. The second-order valence-corrected chi connectivity index (χ2v) is 6.15. The summed E-state index contributed by atoms with van der Waals surface area (Å²) >= 11 is 2.23. The van der Waals surface area contributed by atoms with E-state index in [-0.39, 0.29) is 0 Å². The van der Waals surface area contributed by atoms with Gasteiger partial charge in [0.2, 0.25) is 0 Å². The second kappa shape index (κ2) is 7.75. The van der Waals surface area contributed by atoms with E-state index in [1.54, 1.807) is 6.20 Å². The number of hydrogen-bond donors (Lipinski definition) is 0. The van der Waals surface area contributed by atoms with Crippen molar-refractivity contribution in [1.82, 2.24) is 4.98 Å². The molecule has 2 aromatic carbocycles. The predicted molar refractivity (Wildman–Crippen MR) is 103 cm³/mol. The fourth-order valence-electron chi connectivity index (χ4n) is 2.16. The van der Waals surface area contributed by atoms with Crippen LogP contribution in [0.3, 0.4) is 0 Å². The summed E-state index contributed by atoms with van der Waals surface area (Å²) in [6.07, 6.45) is 3.51. The minimum absolute atomic E-state index is 0.531. The Morgan fingerprint density at radius 2 is 1.83 bits per heavy atom. The summed E-state index contributed by atoms with van der Waals surface area (Å²) in [6, 6.07) is 23.2. The summed E-state index contributed by atoms with van der Waals surface area (Å²) in [7, 11) is 0. The summed E-state index contributed by atoms with van der Waals surface area (Å²) in [6.45, 7) is 0. The highest BCUT2D eigenvalue weighted by atomic mass is 127. The van der Waals surface area contributed by atoms with Crippen LogP contribution < -0.4 is 4.74 Å². The molecular formula is C20H13IN2O. The number of nitrogens with zero attached hydrogens (tertiary/aromatic N) is 2. The Labute approximate surface area is 154 Å². The average Bonchev–Trinajstić information content (AvgIpc) is 2.63. The lowest BCUT2D eigenvalue weighted by Gasteiger charge is -2.08. The Bertz CT molecular complexity index is 900. The summed E-state index contributed by atoms with van der Waals surface area (Å²) in [5, 5.41) is 9.37. The maximum Gasteiger partial charge on any atom is 0.140 e. The molecule has 0 radical (unpaired) electrons. The first-order chi connectivity index (χ1) is 11.8. The SMILES string of the molecule is N#C/C(=C\c1ccc(Oc2ccccc2)c(I)c1)c1ccccn1. The number of halogens is 1. The fourth-order valence-corrected chi connectivity index (χ4v) is 2.81. The molecular weight excluding hydrogens is 411 g/mol. The number of allylic oxidation sites excluding steroid dienone is 1.